The van der Waals surface area contributed by atoms with E-state index >= 15 is 0 Å². The lowest BCUT2D eigenvalue weighted by molar-refractivity contribution is -0.117. The van der Waals surface area contributed by atoms with E-state index in [1.54, 1.807) is 17.4 Å². The van der Waals surface area contributed by atoms with Crippen molar-refractivity contribution in [3.05, 3.63) is 64.1 Å². The zero-order chi connectivity index (χ0) is 15.5. The van der Waals surface area contributed by atoms with Gasteiger partial charge in [0.15, 0.2) is 0 Å². The quantitative estimate of drug-likeness (QED) is 0.710. The molecule has 3 nitrogen and oxygen atoms in total. The predicted octanol–water partition coefficient (Wildman–Crippen LogP) is 4.69. The number of para-hydroxylation sites is 1. The third-order valence-corrected chi connectivity index (χ3v) is 4.36. The average Bonchev–Trinajstić information content (AvgIpc) is 3.11. The molecule has 1 atom stereocenters. The van der Waals surface area contributed by atoms with Gasteiger partial charge in [-0.15, -0.1) is 11.3 Å². The molecule has 0 radical (unpaired) electrons. The Hall–Kier alpha value is -2.33. The maximum Gasteiger partial charge on any atom is 0.244 e. The number of hydrogen-bond acceptors (Lipinski definition) is 3. The van der Waals surface area contributed by atoms with Crippen LogP contribution in [0.5, 0.6) is 0 Å². The molecule has 1 aromatic carbocycles. The van der Waals surface area contributed by atoms with Gasteiger partial charge in [0.25, 0.3) is 0 Å². The van der Waals surface area contributed by atoms with E-state index in [1.807, 2.05) is 62.4 Å². The number of rotatable bonds is 4. The van der Waals surface area contributed by atoms with E-state index < -0.39 is 0 Å². The lowest BCUT2D eigenvalue weighted by Crippen LogP contribution is -2.24. The molecule has 0 aliphatic rings. The zero-order valence-electron chi connectivity index (χ0n) is 12.5. The van der Waals surface area contributed by atoms with Gasteiger partial charge in [0, 0.05) is 21.2 Å². The lowest BCUT2D eigenvalue weighted by Gasteiger charge is -2.08. The number of amides is 1. The van der Waals surface area contributed by atoms with E-state index in [9.17, 15) is 4.79 Å². The third-order valence-electron chi connectivity index (χ3n) is 3.39. The van der Waals surface area contributed by atoms with Crippen molar-refractivity contribution >= 4 is 34.3 Å². The van der Waals surface area contributed by atoms with Gasteiger partial charge in [-0.1, -0.05) is 18.2 Å². The standard InChI is InChI=1S/C18H17NO2S/c1-12-7-8-15(22-12)9-10-18(20)19-13(2)17-11-14-5-3-4-6-16(14)21-17/h3-11,13H,1-2H3,(H,19,20)/b10-9+/t13-/m0/s1. The normalized spacial score (nSPS) is 12.8. The van der Waals surface area contributed by atoms with Crippen LogP contribution in [0.25, 0.3) is 17.0 Å². The molecule has 22 heavy (non-hydrogen) atoms. The van der Waals surface area contributed by atoms with Gasteiger partial charge in [-0.05, 0) is 44.2 Å². The minimum atomic E-state index is -0.172. The van der Waals surface area contributed by atoms with Gasteiger partial charge < -0.3 is 9.73 Å². The SMILES string of the molecule is Cc1ccc(/C=C/C(=O)N[C@@H](C)c2cc3ccccc3o2)s1. The molecule has 0 bridgehead atoms. The van der Waals surface area contributed by atoms with Crippen LogP contribution in [0, 0.1) is 6.92 Å². The molecule has 2 heterocycles. The summed E-state index contributed by atoms with van der Waals surface area (Å²) in [6.45, 7) is 3.96. The molecule has 0 spiro atoms. The van der Waals surface area contributed by atoms with Gasteiger partial charge in [0.2, 0.25) is 5.91 Å². The molecule has 0 saturated heterocycles. The largest absolute Gasteiger partial charge is 0.459 e. The van der Waals surface area contributed by atoms with Crippen LogP contribution in [0.3, 0.4) is 0 Å². The summed E-state index contributed by atoms with van der Waals surface area (Å²) in [5.41, 5.74) is 0.836. The number of carbonyl (C=O) groups is 1. The Kier molecular flexibility index (Phi) is 4.11. The molecule has 3 aromatic rings. The molecule has 0 fully saturated rings. The van der Waals surface area contributed by atoms with Gasteiger partial charge in [0.05, 0.1) is 6.04 Å². The van der Waals surface area contributed by atoms with Gasteiger partial charge in [0.1, 0.15) is 11.3 Å². The summed E-state index contributed by atoms with van der Waals surface area (Å²) in [5.74, 6) is 0.633. The minimum Gasteiger partial charge on any atom is -0.459 e. The second-order valence-electron chi connectivity index (χ2n) is 5.20. The van der Waals surface area contributed by atoms with Gasteiger partial charge in [-0.3, -0.25) is 4.79 Å². The van der Waals surface area contributed by atoms with Crippen molar-refractivity contribution in [3.63, 3.8) is 0 Å². The second-order valence-corrected chi connectivity index (χ2v) is 6.52. The highest BCUT2D eigenvalue weighted by Gasteiger charge is 2.12. The van der Waals surface area contributed by atoms with Crippen molar-refractivity contribution in [2.75, 3.05) is 0 Å². The molecule has 0 aliphatic carbocycles. The predicted molar refractivity (Wildman–Crippen MR) is 90.9 cm³/mol. The molecule has 1 amide bonds. The first kappa shape index (κ1) is 14.6. The number of benzene rings is 1. The van der Waals surface area contributed by atoms with E-state index in [-0.39, 0.29) is 11.9 Å². The van der Waals surface area contributed by atoms with E-state index in [4.69, 9.17) is 4.42 Å². The fourth-order valence-electron chi connectivity index (χ4n) is 2.25. The van der Waals surface area contributed by atoms with E-state index in [0.717, 1.165) is 21.6 Å². The van der Waals surface area contributed by atoms with Gasteiger partial charge in [-0.25, -0.2) is 0 Å². The summed E-state index contributed by atoms with van der Waals surface area (Å²) >= 11 is 1.66. The molecule has 3 rings (SSSR count). The summed E-state index contributed by atoms with van der Waals surface area (Å²) in [4.78, 5) is 14.3. The number of aryl methyl sites for hydroxylation is 1. The number of furan rings is 1. The second kappa shape index (κ2) is 6.20. The Morgan fingerprint density at radius 1 is 1.27 bits per heavy atom. The van der Waals surface area contributed by atoms with Crippen LogP contribution in [0.15, 0.2) is 53.0 Å². The Morgan fingerprint density at radius 2 is 2.09 bits per heavy atom. The first-order chi connectivity index (χ1) is 10.6. The van der Waals surface area contributed by atoms with Crippen molar-refractivity contribution in [1.29, 1.82) is 0 Å². The summed E-state index contributed by atoms with van der Waals surface area (Å²) in [6.07, 6.45) is 3.39. The van der Waals surface area contributed by atoms with Crippen molar-refractivity contribution in [2.24, 2.45) is 0 Å². The molecule has 4 heteroatoms. The fourth-order valence-corrected chi connectivity index (χ4v) is 3.03. The van der Waals surface area contributed by atoms with Crippen LogP contribution in [-0.4, -0.2) is 5.91 Å². The van der Waals surface area contributed by atoms with Crippen LogP contribution in [0.1, 0.15) is 28.5 Å². The smallest absolute Gasteiger partial charge is 0.244 e. The summed E-state index contributed by atoms with van der Waals surface area (Å²) in [7, 11) is 0. The number of hydrogen-bond donors (Lipinski definition) is 1. The van der Waals surface area contributed by atoms with Crippen LogP contribution >= 0.6 is 11.3 Å². The third kappa shape index (κ3) is 3.28. The van der Waals surface area contributed by atoms with E-state index in [1.165, 1.54) is 4.88 Å². The Morgan fingerprint density at radius 3 is 2.82 bits per heavy atom. The molecule has 2 aromatic heterocycles. The number of carbonyl (C=O) groups excluding carboxylic acids is 1. The van der Waals surface area contributed by atoms with Crippen molar-refractivity contribution in [1.82, 2.24) is 5.32 Å². The summed E-state index contributed by atoms with van der Waals surface area (Å²) in [5, 5.41) is 3.96. The number of nitrogens with one attached hydrogen (secondary N) is 1. The molecule has 0 unspecified atom stereocenters. The highest BCUT2D eigenvalue weighted by Crippen LogP contribution is 2.23. The van der Waals surface area contributed by atoms with Crippen LogP contribution in [0.4, 0.5) is 0 Å². The van der Waals surface area contributed by atoms with Crippen LogP contribution in [0.2, 0.25) is 0 Å². The molecular weight excluding hydrogens is 294 g/mol. The highest BCUT2D eigenvalue weighted by atomic mass is 32.1. The van der Waals surface area contributed by atoms with Gasteiger partial charge in [-0.2, -0.15) is 0 Å². The Labute approximate surface area is 133 Å². The van der Waals surface area contributed by atoms with E-state index in [2.05, 4.69) is 5.32 Å². The topological polar surface area (TPSA) is 42.2 Å². The first-order valence-electron chi connectivity index (χ1n) is 7.15. The average molecular weight is 311 g/mol. The van der Waals surface area contributed by atoms with Gasteiger partial charge >= 0.3 is 0 Å². The maximum absolute atomic E-state index is 12.0. The van der Waals surface area contributed by atoms with Crippen molar-refractivity contribution in [2.45, 2.75) is 19.9 Å². The molecule has 1 N–H and O–H groups in total. The van der Waals surface area contributed by atoms with Crippen molar-refractivity contribution in [3.8, 4) is 0 Å². The summed E-state index contributed by atoms with van der Waals surface area (Å²) < 4.78 is 5.76. The van der Waals surface area contributed by atoms with Crippen LogP contribution < -0.4 is 5.32 Å². The number of fused-ring (bicyclic) bond motifs is 1. The monoisotopic (exact) mass is 311 g/mol. The Balaban J connectivity index is 1.66. The van der Waals surface area contributed by atoms with Crippen LogP contribution in [-0.2, 0) is 4.79 Å². The Bertz CT molecular complexity index is 795. The number of thiophene rings is 1. The van der Waals surface area contributed by atoms with Crippen molar-refractivity contribution < 1.29 is 9.21 Å². The first-order valence-corrected chi connectivity index (χ1v) is 7.97. The maximum atomic E-state index is 12.0. The lowest BCUT2D eigenvalue weighted by atomic mass is 10.2. The highest BCUT2D eigenvalue weighted by molar-refractivity contribution is 7.12. The molecule has 0 saturated carbocycles. The van der Waals surface area contributed by atoms with E-state index in [0.29, 0.717) is 0 Å². The zero-order valence-corrected chi connectivity index (χ0v) is 13.3. The molecule has 0 aliphatic heterocycles. The minimum absolute atomic E-state index is 0.126. The summed E-state index contributed by atoms with van der Waals surface area (Å²) in [6, 6.07) is 13.7. The fraction of sp³-hybridized carbons (Fsp3) is 0.167. The molecule has 112 valence electrons. The molecular formula is C18H17NO2S.